The number of hydrogen-bond acceptors (Lipinski definition) is 6. The van der Waals surface area contributed by atoms with E-state index in [0.29, 0.717) is 19.2 Å². The molecule has 2 rings (SSSR count). The molecule has 0 aliphatic carbocycles. The molecule has 1 aliphatic rings. The lowest BCUT2D eigenvalue weighted by atomic mass is 10.0. The van der Waals surface area contributed by atoms with Gasteiger partial charge in [0.25, 0.3) is 0 Å². The molecule has 106 valence electrons. The van der Waals surface area contributed by atoms with Gasteiger partial charge in [0.15, 0.2) is 0 Å². The average molecular weight is 266 g/mol. The topological polar surface area (TPSA) is 70.5 Å². The molecule has 1 saturated heterocycles. The molecule has 1 fully saturated rings. The van der Waals surface area contributed by atoms with Crippen molar-refractivity contribution in [2.75, 3.05) is 38.7 Å². The van der Waals surface area contributed by atoms with Crippen molar-refractivity contribution in [1.82, 2.24) is 15.1 Å². The van der Waals surface area contributed by atoms with Gasteiger partial charge in [0.1, 0.15) is 5.82 Å². The van der Waals surface area contributed by atoms with Gasteiger partial charge >= 0.3 is 0 Å². The molecule has 0 aromatic carbocycles. The Morgan fingerprint density at radius 2 is 2.32 bits per heavy atom. The molecule has 0 saturated carbocycles. The fourth-order valence-corrected chi connectivity index (χ4v) is 2.39. The quantitative estimate of drug-likeness (QED) is 0.775. The van der Waals surface area contributed by atoms with Crippen LogP contribution < -0.4 is 5.32 Å². The lowest BCUT2D eigenvalue weighted by Crippen LogP contribution is -2.43. The van der Waals surface area contributed by atoms with E-state index in [1.807, 2.05) is 12.1 Å². The number of anilines is 1. The maximum Gasteiger partial charge on any atom is 0.148 e. The Hall–Kier alpha value is -1.24. The van der Waals surface area contributed by atoms with Gasteiger partial charge in [-0.15, -0.1) is 5.10 Å². The third-order valence-corrected chi connectivity index (χ3v) is 3.34. The van der Waals surface area contributed by atoms with E-state index in [0.717, 1.165) is 31.7 Å². The highest BCUT2D eigenvalue weighted by Crippen LogP contribution is 2.14. The molecule has 2 heterocycles. The maximum atomic E-state index is 9.70. The maximum absolute atomic E-state index is 9.70. The summed E-state index contributed by atoms with van der Waals surface area (Å²) >= 11 is 0. The number of aliphatic hydroxyl groups excluding tert-OH is 1. The number of ether oxygens (including phenoxy) is 1. The number of hydrogen-bond donors (Lipinski definition) is 2. The van der Waals surface area contributed by atoms with Crippen LogP contribution in [0, 0.1) is 0 Å². The number of β-amino-alcohol motifs (C(OH)–C–C–N with tert-alkyl or cyclic N) is 1. The highest BCUT2D eigenvalue weighted by atomic mass is 16.5. The second-order valence-corrected chi connectivity index (χ2v) is 4.94. The second kappa shape index (κ2) is 7.37. The van der Waals surface area contributed by atoms with E-state index >= 15 is 0 Å². The van der Waals surface area contributed by atoms with Crippen LogP contribution >= 0.6 is 0 Å². The number of methoxy groups -OCH3 is 1. The average Bonchev–Trinajstić information content (AvgIpc) is 2.42. The van der Waals surface area contributed by atoms with E-state index < -0.39 is 6.10 Å². The van der Waals surface area contributed by atoms with Crippen LogP contribution in [0.1, 0.15) is 12.8 Å². The van der Waals surface area contributed by atoms with E-state index in [9.17, 15) is 5.11 Å². The van der Waals surface area contributed by atoms with Crippen molar-refractivity contribution in [3.63, 3.8) is 0 Å². The molecule has 1 aliphatic heterocycles. The van der Waals surface area contributed by atoms with Gasteiger partial charge in [-0.2, -0.15) is 5.10 Å². The van der Waals surface area contributed by atoms with Gasteiger partial charge in [-0.1, -0.05) is 0 Å². The van der Waals surface area contributed by atoms with Crippen LogP contribution in [0.25, 0.3) is 0 Å². The molecule has 0 spiro atoms. The van der Waals surface area contributed by atoms with Crippen LogP contribution in [-0.4, -0.2) is 65.7 Å². The number of aliphatic hydroxyl groups is 1. The van der Waals surface area contributed by atoms with E-state index in [1.165, 1.54) is 0 Å². The van der Waals surface area contributed by atoms with Gasteiger partial charge in [-0.25, -0.2) is 0 Å². The number of likely N-dealkylation sites (tertiary alicyclic amines) is 1. The first-order chi connectivity index (χ1) is 9.28. The van der Waals surface area contributed by atoms with Crippen molar-refractivity contribution >= 4 is 5.82 Å². The van der Waals surface area contributed by atoms with Crippen molar-refractivity contribution < 1.29 is 9.84 Å². The molecule has 6 heteroatoms. The SMILES string of the molecule is COC[C@@H](O)CN1CCC(Nc2cccnn2)CC1. The largest absolute Gasteiger partial charge is 0.389 e. The third-order valence-electron chi connectivity index (χ3n) is 3.34. The van der Waals surface area contributed by atoms with Crippen LogP contribution in [0.5, 0.6) is 0 Å². The van der Waals surface area contributed by atoms with Crippen LogP contribution in [-0.2, 0) is 4.74 Å². The number of piperidine rings is 1. The van der Waals surface area contributed by atoms with Crippen molar-refractivity contribution in [2.45, 2.75) is 25.0 Å². The zero-order valence-corrected chi connectivity index (χ0v) is 11.3. The Labute approximate surface area is 113 Å². The predicted octanol–water partition coefficient (Wildman–Crippen LogP) is 0.360. The Bertz CT molecular complexity index is 355. The summed E-state index contributed by atoms with van der Waals surface area (Å²) in [6, 6.07) is 4.25. The summed E-state index contributed by atoms with van der Waals surface area (Å²) in [5, 5.41) is 21.0. The summed E-state index contributed by atoms with van der Waals surface area (Å²) in [7, 11) is 1.61. The number of nitrogens with one attached hydrogen (secondary N) is 1. The van der Waals surface area contributed by atoms with Gasteiger partial charge in [0.2, 0.25) is 0 Å². The standard InChI is InChI=1S/C13H22N4O2/c1-19-10-12(18)9-17-7-4-11(5-8-17)15-13-3-2-6-14-16-13/h2-3,6,11-12,18H,4-5,7-10H2,1H3,(H,15,16)/t12-/m0/s1. The third kappa shape index (κ3) is 4.74. The lowest BCUT2D eigenvalue weighted by Gasteiger charge is -2.33. The van der Waals surface area contributed by atoms with Gasteiger partial charge in [0.05, 0.1) is 12.7 Å². The molecule has 19 heavy (non-hydrogen) atoms. The van der Waals surface area contributed by atoms with Crippen LogP contribution in [0.15, 0.2) is 18.3 Å². The zero-order valence-electron chi connectivity index (χ0n) is 11.3. The van der Waals surface area contributed by atoms with Gasteiger partial charge in [-0.3, -0.25) is 0 Å². The van der Waals surface area contributed by atoms with Gasteiger partial charge in [-0.05, 0) is 25.0 Å². The van der Waals surface area contributed by atoms with Crippen LogP contribution in [0.2, 0.25) is 0 Å². The Balaban J connectivity index is 1.70. The van der Waals surface area contributed by atoms with E-state index in [-0.39, 0.29) is 0 Å². The molecular weight excluding hydrogens is 244 g/mol. The molecule has 2 N–H and O–H groups in total. The minimum atomic E-state index is -0.394. The van der Waals surface area contributed by atoms with Gasteiger partial charge < -0.3 is 20.1 Å². The molecule has 1 atom stereocenters. The van der Waals surface area contributed by atoms with E-state index in [4.69, 9.17) is 4.74 Å². The number of aromatic nitrogens is 2. The predicted molar refractivity (Wildman–Crippen MR) is 73.0 cm³/mol. The van der Waals surface area contributed by atoms with Crippen molar-refractivity contribution in [3.8, 4) is 0 Å². The fourth-order valence-electron chi connectivity index (χ4n) is 2.39. The van der Waals surface area contributed by atoms with E-state index in [1.54, 1.807) is 13.3 Å². The number of nitrogens with zero attached hydrogens (tertiary/aromatic N) is 3. The smallest absolute Gasteiger partial charge is 0.148 e. The lowest BCUT2D eigenvalue weighted by molar-refractivity contribution is 0.0327. The normalized spacial score (nSPS) is 19.3. The highest BCUT2D eigenvalue weighted by Gasteiger charge is 2.21. The first kappa shape index (κ1) is 14.2. The molecule has 1 aromatic heterocycles. The summed E-state index contributed by atoms with van der Waals surface area (Å²) in [5.41, 5.74) is 0. The fraction of sp³-hybridized carbons (Fsp3) is 0.692. The summed E-state index contributed by atoms with van der Waals surface area (Å²) in [6.45, 7) is 3.06. The van der Waals surface area contributed by atoms with Crippen LogP contribution in [0.3, 0.4) is 0 Å². The molecule has 1 aromatic rings. The van der Waals surface area contributed by atoms with Crippen molar-refractivity contribution in [1.29, 1.82) is 0 Å². The molecule has 0 radical (unpaired) electrons. The Kier molecular flexibility index (Phi) is 5.50. The summed E-state index contributed by atoms with van der Waals surface area (Å²) in [4.78, 5) is 2.28. The molecule has 6 nitrogen and oxygen atoms in total. The summed E-state index contributed by atoms with van der Waals surface area (Å²) in [5.74, 6) is 0.834. The first-order valence-corrected chi connectivity index (χ1v) is 6.71. The minimum absolute atomic E-state index is 0.394. The van der Waals surface area contributed by atoms with Crippen molar-refractivity contribution in [3.05, 3.63) is 18.3 Å². The zero-order chi connectivity index (χ0) is 13.5. The Morgan fingerprint density at radius 3 is 2.95 bits per heavy atom. The monoisotopic (exact) mass is 266 g/mol. The Morgan fingerprint density at radius 1 is 1.53 bits per heavy atom. The second-order valence-electron chi connectivity index (χ2n) is 4.94. The van der Waals surface area contributed by atoms with E-state index in [2.05, 4.69) is 20.4 Å². The summed E-state index contributed by atoms with van der Waals surface area (Å²) < 4.78 is 4.94. The minimum Gasteiger partial charge on any atom is -0.389 e. The molecule has 0 bridgehead atoms. The highest BCUT2D eigenvalue weighted by molar-refractivity contribution is 5.32. The van der Waals surface area contributed by atoms with Crippen molar-refractivity contribution in [2.24, 2.45) is 0 Å². The molecular formula is C13H22N4O2. The number of rotatable bonds is 6. The summed E-state index contributed by atoms with van der Waals surface area (Å²) in [6.07, 6.45) is 3.38. The molecule has 0 amide bonds. The molecule has 0 unspecified atom stereocenters. The van der Waals surface area contributed by atoms with Gasteiger partial charge in [0, 0.05) is 39.0 Å². The van der Waals surface area contributed by atoms with Crippen LogP contribution in [0.4, 0.5) is 5.82 Å². The first-order valence-electron chi connectivity index (χ1n) is 6.71.